The number of aryl methyl sites for hydroxylation is 2. The van der Waals surface area contributed by atoms with Gasteiger partial charge in [-0.05, 0) is 43.0 Å². The second-order valence-corrected chi connectivity index (χ2v) is 8.08. The van der Waals surface area contributed by atoms with Crippen molar-refractivity contribution in [3.8, 4) is 0 Å². The number of benzene rings is 1. The van der Waals surface area contributed by atoms with Gasteiger partial charge in [0.1, 0.15) is 21.1 Å². The first kappa shape index (κ1) is 16.5. The summed E-state index contributed by atoms with van der Waals surface area (Å²) < 4.78 is 38.0. The van der Waals surface area contributed by atoms with Gasteiger partial charge in [-0.3, -0.25) is 4.72 Å². The molecule has 2 aromatic heterocycles. The van der Waals surface area contributed by atoms with Crippen LogP contribution in [0, 0.1) is 13.8 Å². The van der Waals surface area contributed by atoms with Crippen LogP contribution in [0.1, 0.15) is 21.7 Å². The van der Waals surface area contributed by atoms with Crippen LogP contribution in [0.5, 0.6) is 0 Å². The number of methoxy groups -OCH3 is 1. The molecule has 0 aliphatic carbocycles. The number of thiophene rings is 1. The Balaban J connectivity index is 2.12. The summed E-state index contributed by atoms with van der Waals surface area (Å²) in [6.07, 6.45) is 0. The van der Waals surface area contributed by atoms with Gasteiger partial charge in [-0.25, -0.2) is 13.2 Å². The molecule has 0 saturated carbocycles. The van der Waals surface area contributed by atoms with Crippen LogP contribution in [-0.4, -0.2) is 21.5 Å². The normalized spacial score (nSPS) is 11.6. The van der Waals surface area contributed by atoms with E-state index >= 15 is 0 Å². The fourth-order valence-corrected chi connectivity index (χ4v) is 4.56. The van der Waals surface area contributed by atoms with Gasteiger partial charge in [0.05, 0.1) is 12.8 Å². The zero-order valence-electron chi connectivity index (χ0n) is 13.2. The Morgan fingerprint density at radius 2 is 2.04 bits per heavy atom. The number of furan rings is 1. The van der Waals surface area contributed by atoms with Crippen LogP contribution < -0.4 is 4.72 Å². The molecule has 0 aliphatic rings. The summed E-state index contributed by atoms with van der Waals surface area (Å²) >= 11 is 1.13. The van der Waals surface area contributed by atoms with Crippen LogP contribution in [0.4, 0.5) is 5.69 Å². The number of rotatable bonds is 4. The third-order valence-corrected chi connectivity index (χ3v) is 6.37. The number of esters is 1. The van der Waals surface area contributed by atoms with E-state index in [-0.39, 0.29) is 4.21 Å². The molecule has 2 heterocycles. The lowest BCUT2D eigenvalue weighted by atomic mass is 10.1. The van der Waals surface area contributed by atoms with E-state index in [0.29, 0.717) is 33.5 Å². The fourth-order valence-electron chi connectivity index (χ4n) is 2.44. The Kier molecular flexibility index (Phi) is 4.10. The minimum absolute atomic E-state index is 0.221. The molecule has 6 nitrogen and oxygen atoms in total. The molecule has 0 atom stereocenters. The number of hydrogen-bond acceptors (Lipinski definition) is 6. The molecule has 0 aliphatic heterocycles. The smallest absolute Gasteiger partial charge is 0.342 e. The van der Waals surface area contributed by atoms with E-state index < -0.39 is 16.0 Å². The Hall–Kier alpha value is -2.32. The molecule has 0 spiro atoms. The number of nitrogens with one attached hydrogen (secondary N) is 1. The first-order chi connectivity index (χ1) is 11.3. The average molecular weight is 365 g/mol. The molecular weight excluding hydrogens is 350 g/mol. The maximum atomic E-state index is 12.4. The third-order valence-electron chi connectivity index (χ3n) is 3.60. The van der Waals surface area contributed by atoms with Crippen molar-refractivity contribution >= 4 is 44.0 Å². The minimum atomic E-state index is -3.67. The minimum Gasteiger partial charge on any atom is -0.465 e. The van der Waals surface area contributed by atoms with Gasteiger partial charge in [0.25, 0.3) is 10.0 Å². The van der Waals surface area contributed by atoms with E-state index in [0.717, 1.165) is 11.3 Å². The fraction of sp³-hybridized carbons (Fsp3) is 0.188. The Labute approximate surface area is 143 Å². The van der Waals surface area contributed by atoms with Crippen LogP contribution in [0.2, 0.25) is 0 Å². The summed E-state index contributed by atoms with van der Waals surface area (Å²) in [5, 5.41) is 2.20. The molecule has 0 saturated heterocycles. The maximum Gasteiger partial charge on any atom is 0.342 e. The highest BCUT2D eigenvalue weighted by atomic mass is 32.2. The molecular formula is C16H15NO5S2. The zero-order valence-corrected chi connectivity index (χ0v) is 14.9. The summed E-state index contributed by atoms with van der Waals surface area (Å²) in [6, 6.07) is 6.49. The third kappa shape index (κ3) is 2.78. The molecule has 0 radical (unpaired) electrons. The lowest BCUT2D eigenvalue weighted by molar-refractivity contribution is 0.0600. The predicted octanol–water partition coefficient (Wildman–Crippen LogP) is 3.70. The summed E-state index contributed by atoms with van der Waals surface area (Å²) in [5.41, 5.74) is 1.88. The molecule has 1 aromatic carbocycles. The standard InChI is InChI=1S/C16H15NO5S2/c1-9-7-13-11(15(10(2)22-13)16(18)21-3)8-12(9)17-24(19,20)14-5-4-6-23-14/h4-8,17H,1-3H3. The van der Waals surface area contributed by atoms with Crippen molar-refractivity contribution in [3.05, 3.63) is 46.5 Å². The Morgan fingerprint density at radius 3 is 2.67 bits per heavy atom. The molecule has 3 aromatic rings. The molecule has 0 amide bonds. The monoisotopic (exact) mass is 365 g/mol. The van der Waals surface area contributed by atoms with Gasteiger partial charge < -0.3 is 9.15 Å². The quantitative estimate of drug-likeness (QED) is 0.713. The molecule has 0 unspecified atom stereocenters. The summed E-state index contributed by atoms with van der Waals surface area (Å²) in [4.78, 5) is 12.0. The molecule has 3 rings (SSSR count). The highest BCUT2D eigenvalue weighted by Gasteiger charge is 2.22. The number of carbonyl (C=O) groups excluding carboxylic acids is 1. The van der Waals surface area contributed by atoms with Crippen LogP contribution in [-0.2, 0) is 14.8 Å². The average Bonchev–Trinajstić information content (AvgIpc) is 3.15. The van der Waals surface area contributed by atoms with Crippen molar-refractivity contribution in [2.75, 3.05) is 11.8 Å². The van der Waals surface area contributed by atoms with Crippen LogP contribution in [0.25, 0.3) is 11.0 Å². The number of anilines is 1. The van der Waals surface area contributed by atoms with E-state index in [9.17, 15) is 13.2 Å². The van der Waals surface area contributed by atoms with Crippen LogP contribution in [0.15, 0.2) is 38.3 Å². The van der Waals surface area contributed by atoms with Gasteiger partial charge in [0.2, 0.25) is 0 Å². The molecule has 0 bridgehead atoms. The number of ether oxygens (including phenoxy) is 1. The van der Waals surface area contributed by atoms with E-state index in [1.807, 2.05) is 0 Å². The van der Waals surface area contributed by atoms with E-state index in [4.69, 9.17) is 9.15 Å². The number of carbonyl (C=O) groups is 1. The first-order valence-electron chi connectivity index (χ1n) is 7.02. The Bertz CT molecular complexity index is 1020. The van der Waals surface area contributed by atoms with E-state index in [2.05, 4.69) is 4.72 Å². The summed E-state index contributed by atoms with van der Waals surface area (Å²) in [7, 11) is -2.38. The second kappa shape index (κ2) is 5.95. The van der Waals surface area contributed by atoms with Crippen molar-refractivity contribution in [2.45, 2.75) is 18.1 Å². The maximum absolute atomic E-state index is 12.4. The molecule has 24 heavy (non-hydrogen) atoms. The molecule has 1 N–H and O–H groups in total. The molecule has 126 valence electrons. The first-order valence-corrected chi connectivity index (χ1v) is 9.38. The highest BCUT2D eigenvalue weighted by molar-refractivity contribution is 7.94. The van der Waals surface area contributed by atoms with Crippen LogP contribution in [0.3, 0.4) is 0 Å². The predicted molar refractivity (Wildman–Crippen MR) is 92.2 cm³/mol. The molecule has 8 heteroatoms. The second-order valence-electron chi connectivity index (χ2n) is 5.23. The van der Waals surface area contributed by atoms with Gasteiger partial charge in [0.15, 0.2) is 0 Å². The van der Waals surface area contributed by atoms with Gasteiger partial charge in [-0.15, -0.1) is 11.3 Å². The highest BCUT2D eigenvalue weighted by Crippen LogP contribution is 2.32. The number of fused-ring (bicyclic) bond motifs is 1. The summed E-state index contributed by atoms with van der Waals surface area (Å²) in [6.45, 7) is 3.43. The SMILES string of the molecule is COC(=O)c1c(C)oc2cc(C)c(NS(=O)(=O)c3cccs3)cc12. The van der Waals surface area contributed by atoms with Crippen molar-refractivity contribution in [3.63, 3.8) is 0 Å². The lowest BCUT2D eigenvalue weighted by Gasteiger charge is -2.09. The lowest BCUT2D eigenvalue weighted by Crippen LogP contribution is -2.12. The summed E-state index contributed by atoms with van der Waals surface area (Å²) in [5.74, 6) is -0.100. The van der Waals surface area contributed by atoms with Gasteiger partial charge in [-0.1, -0.05) is 6.07 Å². The van der Waals surface area contributed by atoms with E-state index in [1.165, 1.54) is 13.2 Å². The number of hydrogen-bond donors (Lipinski definition) is 1. The topological polar surface area (TPSA) is 85.6 Å². The van der Waals surface area contributed by atoms with E-state index in [1.54, 1.807) is 37.4 Å². The largest absolute Gasteiger partial charge is 0.465 e. The zero-order chi connectivity index (χ0) is 17.5. The van der Waals surface area contributed by atoms with Crippen molar-refractivity contribution < 1.29 is 22.4 Å². The number of sulfonamides is 1. The van der Waals surface area contributed by atoms with Crippen LogP contribution >= 0.6 is 11.3 Å². The van der Waals surface area contributed by atoms with Crippen molar-refractivity contribution in [2.24, 2.45) is 0 Å². The van der Waals surface area contributed by atoms with Gasteiger partial charge in [0, 0.05) is 5.39 Å². The van der Waals surface area contributed by atoms with Gasteiger partial charge >= 0.3 is 5.97 Å². The van der Waals surface area contributed by atoms with Crippen molar-refractivity contribution in [1.82, 2.24) is 0 Å². The van der Waals surface area contributed by atoms with Crippen molar-refractivity contribution in [1.29, 1.82) is 0 Å². The van der Waals surface area contributed by atoms with Gasteiger partial charge in [-0.2, -0.15) is 0 Å². The Morgan fingerprint density at radius 1 is 1.29 bits per heavy atom. The molecule has 0 fully saturated rings.